The molecular formula is C12H10ClFN2O. The molecule has 3 nitrogen and oxygen atoms in total. The third-order valence-corrected chi connectivity index (χ3v) is 2.46. The first-order valence-corrected chi connectivity index (χ1v) is 5.54. The summed E-state index contributed by atoms with van der Waals surface area (Å²) in [4.78, 5) is 7.98. The van der Waals surface area contributed by atoms with E-state index >= 15 is 0 Å². The number of rotatable bonds is 3. The van der Waals surface area contributed by atoms with E-state index in [0.29, 0.717) is 11.3 Å². The van der Waals surface area contributed by atoms with E-state index in [1.54, 1.807) is 25.1 Å². The maximum absolute atomic E-state index is 13.6. The van der Waals surface area contributed by atoms with Crippen molar-refractivity contribution in [2.75, 3.05) is 0 Å². The Bertz CT molecular complexity index is 516. The van der Waals surface area contributed by atoms with Crippen LogP contribution in [-0.4, -0.2) is 9.97 Å². The van der Waals surface area contributed by atoms with Gasteiger partial charge in [0.1, 0.15) is 0 Å². The topological polar surface area (TPSA) is 35.0 Å². The second-order valence-corrected chi connectivity index (χ2v) is 3.74. The number of alkyl halides is 1. The quantitative estimate of drug-likeness (QED) is 0.785. The Hall–Kier alpha value is -1.68. The number of aryl methyl sites for hydroxylation is 1. The summed E-state index contributed by atoms with van der Waals surface area (Å²) in [6, 6.07) is 4.93. The second kappa shape index (κ2) is 5.10. The number of benzene rings is 1. The van der Waals surface area contributed by atoms with Crippen molar-refractivity contribution in [1.82, 2.24) is 9.97 Å². The molecule has 0 unspecified atom stereocenters. The highest BCUT2D eigenvalue weighted by molar-refractivity contribution is 6.16. The van der Waals surface area contributed by atoms with Gasteiger partial charge in [-0.3, -0.25) is 4.98 Å². The van der Waals surface area contributed by atoms with Crippen molar-refractivity contribution in [2.24, 2.45) is 0 Å². The Morgan fingerprint density at radius 2 is 2.12 bits per heavy atom. The Morgan fingerprint density at radius 3 is 2.76 bits per heavy atom. The van der Waals surface area contributed by atoms with E-state index in [9.17, 15) is 4.39 Å². The molecule has 2 aromatic rings. The van der Waals surface area contributed by atoms with Gasteiger partial charge in [-0.1, -0.05) is 12.1 Å². The summed E-state index contributed by atoms with van der Waals surface area (Å²) >= 11 is 5.58. The molecule has 0 aliphatic rings. The minimum atomic E-state index is -0.393. The average molecular weight is 253 g/mol. The Balaban J connectivity index is 2.22. The lowest BCUT2D eigenvalue weighted by Crippen LogP contribution is -1.95. The number of nitrogens with zero attached hydrogens (tertiary/aromatic N) is 2. The van der Waals surface area contributed by atoms with Gasteiger partial charge < -0.3 is 4.74 Å². The predicted octanol–water partition coefficient (Wildman–Crippen LogP) is 3.46. The maximum Gasteiger partial charge on any atom is 0.237 e. The summed E-state index contributed by atoms with van der Waals surface area (Å²) in [6.07, 6.45) is 2.91. The smallest absolute Gasteiger partial charge is 0.237 e. The van der Waals surface area contributed by atoms with E-state index in [4.69, 9.17) is 16.3 Å². The van der Waals surface area contributed by atoms with Crippen molar-refractivity contribution in [1.29, 1.82) is 0 Å². The van der Waals surface area contributed by atoms with E-state index in [0.717, 1.165) is 0 Å². The van der Waals surface area contributed by atoms with Gasteiger partial charge in [-0.25, -0.2) is 9.37 Å². The predicted molar refractivity (Wildman–Crippen MR) is 62.8 cm³/mol. The van der Waals surface area contributed by atoms with Gasteiger partial charge in [0.2, 0.25) is 5.88 Å². The highest BCUT2D eigenvalue weighted by Crippen LogP contribution is 2.24. The monoisotopic (exact) mass is 252 g/mol. The molecule has 88 valence electrons. The summed E-state index contributed by atoms with van der Waals surface area (Å²) in [5.74, 6) is 0.267. The Labute approximate surface area is 103 Å². The number of hydrogen-bond donors (Lipinski definition) is 0. The highest BCUT2D eigenvalue weighted by atomic mass is 35.5. The van der Waals surface area contributed by atoms with Gasteiger partial charge in [0.05, 0.1) is 24.0 Å². The van der Waals surface area contributed by atoms with Crippen LogP contribution in [0.15, 0.2) is 30.6 Å². The third kappa shape index (κ3) is 2.71. The molecule has 1 aromatic heterocycles. The number of aromatic nitrogens is 2. The van der Waals surface area contributed by atoms with Crippen LogP contribution in [0, 0.1) is 12.7 Å². The molecule has 0 bridgehead atoms. The van der Waals surface area contributed by atoms with Gasteiger partial charge in [0.15, 0.2) is 11.6 Å². The highest BCUT2D eigenvalue weighted by Gasteiger charge is 2.07. The summed E-state index contributed by atoms with van der Waals surface area (Å²) < 4.78 is 18.9. The standard InChI is InChI=1S/C12H10ClFN2O/c1-8-3-2-4-10(12(8)14)17-11-7-15-9(5-13)6-16-11/h2-4,6-7H,5H2,1H3. The molecular weight excluding hydrogens is 243 g/mol. The zero-order chi connectivity index (χ0) is 12.3. The lowest BCUT2D eigenvalue weighted by molar-refractivity contribution is 0.423. The molecule has 5 heteroatoms. The molecule has 0 aliphatic carbocycles. The number of hydrogen-bond acceptors (Lipinski definition) is 3. The molecule has 0 saturated heterocycles. The molecule has 2 rings (SSSR count). The molecule has 0 aliphatic heterocycles. The van der Waals surface area contributed by atoms with Crippen LogP contribution in [0.2, 0.25) is 0 Å². The Kier molecular flexibility index (Phi) is 3.54. The zero-order valence-electron chi connectivity index (χ0n) is 9.15. The van der Waals surface area contributed by atoms with Crippen LogP contribution in [0.4, 0.5) is 4.39 Å². The fraction of sp³-hybridized carbons (Fsp3) is 0.167. The van der Waals surface area contributed by atoms with Gasteiger partial charge >= 0.3 is 0 Å². The van der Waals surface area contributed by atoms with Crippen molar-refractivity contribution < 1.29 is 9.13 Å². The third-order valence-electron chi connectivity index (χ3n) is 2.19. The van der Waals surface area contributed by atoms with Gasteiger partial charge in [0, 0.05) is 0 Å². The summed E-state index contributed by atoms with van der Waals surface area (Å²) in [5, 5.41) is 0. The van der Waals surface area contributed by atoms with Crippen LogP contribution in [-0.2, 0) is 5.88 Å². The largest absolute Gasteiger partial charge is 0.434 e. The van der Waals surface area contributed by atoms with Gasteiger partial charge in [-0.05, 0) is 18.6 Å². The van der Waals surface area contributed by atoms with E-state index in [1.807, 2.05) is 0 Å². The van der Waals surface area contributed by atoms with Crippen LogP contribution in [0.3, 0.4) is 0 Å². The molecule has 0 fully saturated rings. The average Bonchev–Trinajstić information content (AvgIpc) is 2.36. The van der Waals surface area contributed by atoms with Crippen molar-refractivity contribution in [3.05, 3.63) is 47.7 Å². The van der Waals surface area contributed by atoms with E-state index in [-0.39, 0.29) is 17.5 Å². The van der Waals surface area contributed by atoms with Crippen molar-refractivity contribution >= 4 is 11.6 Å². The fourth-order valence-electron chi connectivity index (χ4n) is 1.28. The van der Waals surface area contributed by atoms with Crippen LogP contribution < -0.4 is 4.74 Å². The first-order valence-electron chi connectivity index (χ1n) is 5.00. The minimum absolute atomic E-state index is 0.137. The summed E-state index contributed by atoms with van der Waals surface area (Å²) in [5.41, 5.74) is 1.16. The van der Waals surface area contributed by atoms with Gasteiger partial charge in [-0.15, -0.1) is 11.6 Å². The molecule has 0 radical (unpaired) electrons. The number of halogens is 2. The lowest BCUT2D eigenvalue weighted by atomic mass is 10.2. The molecule has 0 atom stereocenters. The van der Waals surface area contributed by atoms with Crippen LogP contribution in [0.25, 0.3) is 0 Å². The van der Waals surface area contributed by atoms with Crippen molar-refractivity contribution in [3.63, 3.8) is 0 Å². The molecule has 17 heavy (non-hydrogen) atoms. The molecule has 0 spiro atoms. The van der Waals surface area contributed by atoms with Gasteiger partial charge in [0.25, 0.3) is 0 Å². The van der Waals surface area contributed by atoms with E-state index < -0.39 is 5.82 Å². The van der Waals surface area contributed by atoms with E-state index in [2.05, 4.69) is 9.97 Å². The van der Waals surface area contributed by atoms with E-state index in [1.165, 1.54) is 12.4 Å². The van der Waals surface area contributed by atoms with Gasteiger partial charge in [-0.2, -0.15) is 0 Å². The second-order valence-electron chi connectivity index (χ2n) is 3.47. The normalized spacial score (nSPS) is 10.3. The SMILES string of the molecule is Cc1cccc(Oc2cnc(CCl)cn2)c1F. The zero-order valence-corrected chi connectivity index (χ0v) is 9.91. The molecule has 0 amide bonds. The summed E-state index contributed by atoms with van der Waals surface area (Å²) in [6.45, 7) is 1.67. The van der Waals surface area contributed by atoms with Crippen molar-refractivity contribution in [3.8, 4) is 11.6 Å². The Morgan fingerprint density at radius 1 is 1.29 bits per heavy atom. The molecule has 1 heterocycles. The lowest BCUT2D eigenvalue weighted by Gasteiger charge is -2.06. The minimum Gasteiger partial charge on any atom is -0.434 e. The van der Waals surface area contributed by atoms with Crippen LogP contribution in [0.1, 0.15) is 11.3 Å². The molecule has 0 saturated carbocycles. The van der Waals surface area contributed by atoms with Crippen molar-refractivity contribution in [2.45, 2.75) is 12.8 Å². The fourth-order valence-corrected chi connectivity index (χ4v) is 1.41. The maximum atomic E-state index is 13.6. The van der Waals surface area contributed by atoms with Crippen LogP contribution in [0.5, 0.6) is 11.6 Å². The molecule has 1 aromatic carbocycles. The molecule has 0 N–H and O–H groups in total. The first-order chi connectivity index (χ1) is 8.20. The number of ether oxygens (including phenoxy) is 1. The summed E-state index contributed by atoms with van der Waals surface area (Å²) in [7, 11) is 0. The first kappa shape index (κ1) is 11.8. The van der Waals surface area contributed by atoms with Crippen LogP contribution >= 0.6 is 11.6 Å².